The minimum absolute atomic E-state index is 0.0672. The maximum absolute atomic E-state index is 2.47. The lowest BCUT2D eigenvalue weighted by atomic mass is 9.73. The molecule has 0 spiro atoms. The second-order valence-electron chi connectivity index (χ2n) is 11.5. The number of fused-ring (bicyclic) bond motifs is 4. The first-order chi connectivity index (χ1) is 18.4. The number of nitrogens with zero attached hydrogens (tertiary/aromatic N) is 2. The Kier molecular flexibility index (Phi) is 4.98. The molecule has 186 valence electrons. The molecule has 0 radical (unpaired) electrons. The van der Waals surface area contributed by atoms with Gasteiger partial charge >= 0.3 is 0 Å². The van der Waals surface area contributed by atoms with Crippen molar-refractivity contribution in [2.45, 2.75) is 32.4 Å². The first-order valence-corrected chi connectivity index (χ1v) is 16.5. The first kappa shape index (κ1) is 23.1. The third kappa shape index (κ3) is 3.18. The second kappa shape index (κ2) is 8.21. The van der Waals surface area contributed by atoms with Crippen molar-refractivity contribution >= 4 is 52.6 Å². The van der Waals surface area contributed by atoms with Gasteiger partial charge in [0.1, 0.15) is 8.07 Å². The monoisotopic (exact) mass is 508 g/mol. The van der Waals surface area contributed by atoms with Gasteiger partial charge in [0.25, 0.3) is 0 Å². The zero-order chi connectivity index (χ0) is 26.1. The second-order valence-corrected chi connectivity index (χ2v) is 15.8. The molecule has 3 heteroatoms. The van der Waals surface area contributed by atoms with Crippen molar-refractivity contribution < 1.29 is 0 Å². The summed E-state index contributed by atoms with van der Waals surface area (Å²) >= 11 is 0. The maximum Gasteiger partial charge on any atom is 0.117 e. The topological polar surface area (TPSA) is 6.48 Å². The van der Waals surface area contributed by atoms with E-state index >= 15 is 0 Å². The molecule has 2 nitrogen and oxygen atoms in total. The number of anilines is 6. The average molecular weight is 509 g/mol. The Hall–Kier alpha value is -4.08. The summed E-state index contributed by atoms with van der Waals surface area (Å²) in [5.41, 5.74) is 10.1. The highest BCUT2D eigenvalue weighted by Crippen LogP contribution is 2.52. The summed E-state index contributed by atoms with van der Waals surface area (Å²) in [4.78, 5) is 4.91. The van der Waals surface area contributed by atoms with Gasteiger partial charge in [-0.2, -0.15) is 0 Å². The fourth-order valence-corrected chi connectivity index (χ4v) is 9.65. The predicted octanol–water partition coefficient (Wildman–Crippen LogP) is 8.40. The van der Waals surface area contributed by atoms with Gasteiger partial charge in [0.15, 0.2) is 0 Å². The summed E-state index contributed by atoms with van der Waals surface area (Å²) in [6, 6.07) is 44.8. The van der Waals surface area contributed by atoms with E-state index in [4.69, 9.17) is 0 Å². The van der Waals surface area contributed by atoms with Crippen molar-refractivity contribution in [2.24, 2.45) is 0 Å². The van der Waals surface area contributed by atoms with E-state index in [1.54, 1.807) is 0 Å². The van der Waals surface area contributed by atoms with Crippen LogP contribution in [-0.4, -0.2) is 8.07 Å². The Bertz CT molecular complexity index is 1480. The standard InChI is InChI=1S/C35H32N2Si/c1-35(2)27-16-5-7-18-29(27)36(30-19-8-6-17-28(30)35)25-14-13-15-26(24-25)37-31-20-9-11-22-33(31)38(3,4)34-23-12-10-21-32(34)37/h5-24H,1-4H3. The molecule has 0 aliphatic carbocycles. The molecule has 0 atom stereocenters. The normalized spacial score (nSPS) is 16.2. The van der Waals surface area contributed by atoms with Crippen LogP contribution < -0.4 is 20.2 Å². The Morgan fingerprint density at radius 2 is 0.868 bits per heavy atom. The van der Waals surface area contributed by atoms with E-state index in [0.717, 1.165) is 0 Å². The number of hydrogen-bond donors (Lipinski definition) is 0. The minimum Gasteiger partial charge on any atom is -0.311 e. The fourth-order valence-electron chi connectivity index (χ4n) is 6.67. The summed E-state index contributed by atoms with van der Waals surface area (Å²) in [5, 5.41) is 2.97. The third-order valence-corrected chi connectivity index (χ3v) is 12.2. The number of hydrogen-bond acceptors (Lipinski definition) is 2. The van der Waals surface area contributed by atoms with E-state index < -0.39 is 8.07 Å². The molecule has 2 aliphatic rings. The van der Waals surface area contributed by atoms with Crippen molar-refractivity contribution in [3.63, 3.8) is 0 Å². The highest BCUT2D eigenvalue weighted by atomic mass is 28.3. The highest BCUT2D eigenvalue weighted by molar-refractivity contribution is 7.02. The molecule has 5 aromatic carbocycles. The van der Waals surface area contributed by atoms with Gasteiger partial charge in [0, 0.05) is 28.2 Å². The number of benzene rings is 5. The zero-order valence-electron chi connectivity index (χ0n) is 22.4. The Morgan fingerprint density at radius 3 is 1.37 bits per heavy atom. The lowest BCUT2D eigenvalue weighted by molar-refractivity contribution is 0.632. The van der Waals surface area contributed by atoms with E-state index in [1.807, 2.05) is 0 Å². The minimum atomic E-state index is -1.82. The highest BCUT2D eigenvalue weighted by Gasteiger charge is 2.39. The average Bonchev–Trinajstić information content (AvgIpc) is 2.94. The quantitative estimate of drug-likeness (QED) is 0.221. The molecule has 0 bridgehead atoms. The SMILES string of the molecule is CC1(C)c2ccccc2N(c2cccc(N3c4ccccc4[Si](C)(C)c4ccccc43)c2)c2ccccc21. The van der Waals surface area contributed by atoms with Crippen LogP contribution in [0.4, 0.5) is 34.1 Å². The molecule has 0 unspecified atom stereocenters. The lowest BCUT2D eigenvalue weighted by Gasteiger charge is -2.43. The van der Waals surface area contributed by atoms with Gasteiger partial charge in [-0.15, -0.1) is 0 Å². The Balaban J connectivity index is 1.45. The van der Waals surface area contributed by atoms with E-state index in [0.29, 0.717) is 0 Å². The van der Waals surface area contributed by atoms with Gasteiger partial charge in [0.2, 0.25) is 0 Å². The van der Waals surface area contributed by atoms with Crippen LogP contribution in [0.15, 0.2) is 121 Å². The number of para-hydroxylation sites is 4. The summed E-state index contributed by atoms with van der Waals surface area (Å²) in [6.07, 6.45) is 0. The van der Waals surface area contributed by atoms with E-state index in [-0.39, 0.29) is 5.41 Å². The molecule has 0 amide bonds. The molecule has 0 N–H and O–H groups in total. The van der Waals surface area contributed by atoms with Gasteiger partial charge in [-0.3, -0.25) is 0 Å². The van der Waals surface area contributed by atoms with Crippen molar-refractivity contribution in [3.8, 4) is 0 Å². The van der Waals surface area contributed by atoms with E-state index in [1.165, 1.54) is 55.6 Å². The van der Waals surface area contributed by atoms with Gasteiger partial charge in [-0.05, 0) is 64.0 Å². The van der Waals surface area contributed by atoms with Crippen molar-refractivity contribution in [2.75, 3.05) is 9.80 Å². The fraction of sp³-hybridized carbons (Fsp3) is 0.143. The van der Waals surface area contributed by atoms with Gasteiger partial charge in [-0.1, -0.05) is 106 Å². The molecule has 7 rings (SSSR count). The predicted molar refractivity (Wildman–Crippen MR) is 165 cm³/mol. The summed E-state index contributed by atoms with van der Waals surface area (Å²) in [6.45, 7) is 9.63. The molecule has 2 heterocycles. The largest absolute Gasteiger partial charge is 0.311 e. The van der Waals surface area contributed by atoms with Gasteiger partial charge in [0.05, 0.1) is 11.4 Å². The molecule has 38 heavy (non-hydrogen) atoms. The molecule has 0 saturated carbocycles. The van der Waals surface area contributed by atoms with E-state index in [9.17, 15) is 0 Å². The molecule has 0 aromatic heterocycles. The smallest absolute Gasteiger partial charge is 0.117 e. The van der Waals surface area contributed by atoms with Crippen LogP contribution in [0.3, 0.4) is 0 Å². The summed E-state index contributed by atoms with van der Waals surface area (Å²) < 4.78 is 0. The maximum atomic E-state index is 2.47. The Morgan fingerprint density at radius 1 is 0.474 bits per heavy atom. The summed E-state index contributed by atoms with van der Waals surface area (Å²) in [5.74, 6) is 0. The molecular formula is C35H32N2Si. The van der Waals surface area contributed by atoms with Crippen molar-refractivity contribution in [3.05, 3.63) is 132 Å². The van der Waals surface area contributed by atoms with Crippen LogP contribution in [0, 0.1) is 0 Å². The number of rotatable bonds is 2. The third-order valence-electron chi connectivity index (χ3n) is 8.62. The van der Waals surface area contributed by atoms with Gasteiger partial charge in [-0.25, -0.2) is 0 Å². The van der Waals surface area contributed by atoms with Crippen molar-refractivity contribution in [1.82, 2.24) is 0 Å². The van der Waals surface area contributed by atoms with Gasteiger partial charge < -0.3 is 9.80 Å². The molecular weight excluding hydrogens is 476 g/mol. The van der Waals surface area contributed by atoms with Crippen LogP contribution in [-0.2, 0) is 5.41 Å². The van der Waals surface area contributed by atoms with Crippen LogP contribution >= 0.6 is 0 Å². The molecule has 0 saturated heterocycles. The lowest BCUT2D eigenvalue weighted by Crippen LogP contribution is -2.58. The summed E-state index contributed by atoms with van der Waals surface area (Å²) in [7, 11) is -1.82. The molecule has 2 aliphatic heterocycles. The van der Waals surface area contributed by atoms with Crippen molar-refractivity contribution in [1.29, 1.82) is 0 Å². The van der Waals surface area contributed by atoms with Crippen LogP contribution in [0.5, 0.6) is 0 Å². The van der Waals surface area contributed by atoms with Crippen LogP contribution in [0.1, 0.15) is 25.0 Å². The molecule has 5 aromatic rings. The van der Waals surface area contributed by atoms with Crippen LogP contribution in [0.25, 0.3) is 0 Å². The first-order valence-electron chi connectivity index (χ1n) is 13.5. The van der Waals surface area contributed by atoms with Crippen LogP contribution in [0.2, 0.25) is 13.1 Å². The zero-order valence-corrected chi connectivity index (χ0v) is 23.4. The van der Waals surface area contributed by atoms with E-state index in [2.05, 4.69) is 158 Å². The molecule has 0 fully saturated rings. The Labute approximate surface area is 226 Å².